The van der Waals surface area contributed by atoms with Gasteiger partial charge in [0, 0.05) is 37.5 Å². The summed E-state index contributed by atoms with van der Waals surface area (Å²) in [5, 5.41) is 4.22. The number of piperidine rings is 1. The molecule has 2 aromatic rings. The number of benzene rings is 1. The molecule has 1 saturated heterocycles. The Balaban J connectivity index is 1.52. The van der Waals surface area contributed by atoms with Gasteiger partial charge in [-0.3, -0.25) is 9.48 Å². The molecule has 4 heteroatoms. The third kappa shape index (κ3) is 2.97. The molecule has 0 unspecified atom stereocenters. The van der Waals surface area contributed by atoms with E-state index in [1.807, 2.05) is 43.7 Å². The Labute approximate surface area is 143 Å². The highest BCUT2D eigenvalue weighted by molar-refractivity contribution is 5.95. The van der Waals surface area contributed by atoms with Crippen LogP contribution in [-0.4, -0.2) is 33.7 Å². The van der Waals surface area contributed by atoms with E-state index in [1.54, 1.807) is 4.68 Å². The van der Waals surface area contributed by atoms with E-state index in [4.69, 9.17) is 0 Å². The number of aryl methyl sites for hydroxylation is 1. The number of carbonyl (C=O) groups is 1. The van der Waals surface area contributed by atoms with Gasteiger partial charge in [-0.05, 0) is 42.4 Å². The molecule has 2 atom stereocenters. The van der Waals surface area contributed by atoms with Gasteiger partial charge in [-0.15, -0.1) is 0 Å². The van der Waals surface area contributed by atoms with Crippen LogP contribution in [0.4, 0.5) is 0 Å². The van der Waals surface area contributed by atoms with Gasteiger partial charge in [-0.2, -0.15) is 5.10 Å². The first-order chi connectivity index (χ1) is 11.7. The molecule has 1 aliphatic carbocycles. The normalized spacial score (nSPS) is 23.8. The van der Waals surface area contributed by atoms with Crippen molar-refractivity contribution in [3.05, 3.63) is 42.2 Å². The number of likely N-dealkylation sites (tertiary alicyclic amines) is 1. The van der Waals surface area contributed by atoms with Crippen molar-refractivity contribution in [2.45, 2.75) is 32.1 Å². The quantitative estimate of drug-likeness (QED) is 0.844. The van der Waals surface area contributed by atoms with Crippen LogP contribution in [0, 0.1) is 11.8 Å². The van der Waals surface area contributed by atoms with Crippen LogP contribution < -0.4 is 0 Å². The summed E-state index contributed by atoms with van der Waals surface area (Å²) in [7, 11) is 1.91. The second-order valence-electron chi connectivity index (χ2n) is 7.33. The maximum Gasteiger partial charge on any atom is 0.253 e. The molecule has 1 aromatic heterocycles. The zero-order valence-corrected chi connectivity index (χ0v) is 14.3. The number of nitrogens with zero attached hydrogens (tertiary/aromatic N) is 3. The molecule has 4 rings (SSSR count). The fraction of sp³-hybridized carbons (Fsp3) is 0.500. The summed E-state index contributed by atoms with van der Waals surface area (Å²) >= 11 is 0. The molecule has 2 aliphatic rings. The van der Waals surface area contributed by atoms with E-state index in [1.165, 1.54) is 32.1 Å². The lowest BCUT2D eigenvalue weighted by Crippen LogP contribution is -2.44. The number of hydrogen-bond donors (Lipinski definition) is 0. The number of aromatic nitrogens is 2. The summed E-state index contributed by atoms with van der Waals surface area (Å²) in [4.78, 5) is 15.0. The second kappa shape index (κ2) is 6.42. The molecule has 126 valence electrons. The number of rotatable bonds is 2. The van der Waals surface area contributed by atoms with E-state index in [0.29, 0.717) is 0 Å². The lowest BCUT2D eigenvalue weighted by atomic mass is 9.75. The largest absolute Gasteiger partial charge is 0.338 e. The van der Waals surface area contributed by atoms with Crippen molar-refractivity contribution < 1.29 is 4.79 Å². The van der Waals surface area contributed by atoms with E-state index >= 15 is 0 Å². The standard InChI is InChI=1S/C20H25N3O/c1-22-13-19(12-21-22)16-7-4-8-17(11-16)20(24)23-10-9-15-5-2-3-6-18(15)14-23/h4,7-8,11-13,15,18H,2-3,5-6,9-10,14H2,1H3/t15-,18-/m0/s1. The van der Waals surface area contributed by atoms with Gasteiger partial charge >= 0.3 is 0 Å². The highest BCUT2D eigenvalue weighted by atomic mass is 16.2. The Hall–Kier alpha value is -2.10. The van der Waals surface area contributed by atoms with Crippen molar-refractivity contribution in [3.63, 3.8) is 0 Å². The number of hydrogen-bond acceptors (Lipinski definition) is 2. The van der Waals surface area contributed by atoms with Crippen LogP contribution in [0.2, 0.25) is 0 Å². The fourth-order valence-corrected chi connectivity index (χ4v) is 4.37. The molecule has 0 radical (unpaired) electrons. The Bertz CT molecular complexity index is 736. The van der Waals surface area contributed by atoms with E-state index in [0.717, 1.165) is 41.6 Å². The Morgan fingerprint density at radius 3 is 2.75 bits per heavy atom. The molecule has 2 heterocycles. The molecule has 0 N–H and O–H groups in total. The molecule has 2 fully saturated rings. The maximum atomic E-state index is 13.0. The van der Waals surface area contributed by atoms with Gasteiger partial charge in [-0.1, -0.05) is 31.4 Å². The summed E-state index contributed by atoms with van der Waals surface area (Å²) < 4.78 is 1.79. The minimum absolute atomic E-state index is 0.185. The predicted octanol–water partition coefficient (Wildman–Crippen LogP) is 3.74. The summed E-state index contributed by atoms with van der Waals surface area (Å²) in [5.74, 6) is 1.76. The highest BCUT2D eigenvalue weighted by Crippen LogP contribution is 2.36. The van der Waals surface area contributed by atoms with Crippen LogP contribution in [0.5, 0.6) is 0 Å². The molecular formula is C20H25N3O. The van der Waals surface area contributed by atoms with Gasteiger partial charge in [0.2, 0.25) is 0 Å². The van der Waals surface area contributed by atoms with Gasteiger partial charge < -0.3 is 4.90 Å². The predicted molar refractivity (Wildman–Crippen MR) is 94.6 cm³/mol. The zero-order valence-electron chi connectivity index (χ0n) is 14.3. The van der Waals surface area contributed by atoms with Gasteiger partial charge in [0.1, 0.15) is 0 Å². The van der Waals surface area contributed by atoms with Crippen LogP contribution in [0.1, 0.15) is 42.5 Å². The molecule has 1 amide bonds. The zero-order chi connectivity index (χ0) is 16.5. The first-order valence-electron chi connectivity index (χ1n) is 9.09. The smallest absolute Gasteiger partial charge is 0.253 e. The summed E-state index contributed by atoms with van der Waals surface area (Å²) in [6.45, 7) is 1.86. The molecule has 1 aliphatic heterocycles. The van der Waals surface area contributed by atoms with E-state index in [9.17, 15) is 4.79 Å². The van der Waals surface area contributed by atoms with Gasteiger partial charge in [0.25, 0.3) is 5.91 Å². The topological polar surface area (TPSA) is 38.1 Å². The summed E-state index contributed by atoms with van der Waals surface area (Å²) in [6, 6.07) is 7.96. The Kier molecular flexibility index (Phi) is 4.13. The molecule has 0 spiro atoms. The minimum atomic E-state index is 0.185. The average Bonchev–Trinajstić information content (AvgIpc) is 3.07. The van der Waals surface area contributed by atoms with Crippen LogP contribution >= 0.6 is 0 Å². The Morgan fingerprint density at radius 2 is 1.96 bits per heavy atom. The molecular weight excluding hydrogens is 298 g/mol. The van der Waals surface area contributed by atoms with Crippen LogP contribution in [0.15, 0.2) is 36.7 Å². The maximum absolute atomic E-state index is 13.0. The van der Waals surface area contributed by atoms with E-state index in [-0.39, 0.29) is 5.91 Å². The molecule has 1 aromatic carbocycles. The van der Waals surface area contributed by atoms with Crippen molar-refractivity contribution in [1.82, 2.24) is 14.7 Å². The lowest BCUT2D eigenvalue weighted by Gasteiger charge is -2.41. The highest BCUT2D eigenvalue weighted by Gasteiger charge is 2.33. The van der Waals surface area contributed by atoms with Crippen LogP contribution in [0.3, 0.4) is 0 Å². The average molecular weight is 323 g/mol. The number of fused-ring (bicyclic) bond motifs is 1. The lowest BCUT2D eigenvalue weighted by molar-refractivity contribution is 0.0521. The second-order valence-corrected chi connectivity index (χ2v) is 7.33. The van der Waals surface area contributed by atoms with E-state index < -0.39 is 0 Å². The van der Waals surface area contributed by atoms with E-state index in [2.05, 4.69) is 10.00 Å². The van der Waals surface area contributed by atoms with Crippen molar-refractivity contribution in [2.75, 3.05) is 13.1 Å². The molecule has 24 heavy (non-hydrogen) atoms. The summed E-state index contributed by atoms with van der Waals surface area (Å²) in [6.07, 6.45) is 10.4. The SMILES string of the molecule is Cn1cc(-c2cccc(C(=O)N3CC[C@@H]4CCCC[C@H]4C3)c2)cn1. The van der Waals surface area contributed by atoms with Gasteiger partial charge in [-0.25, -0.2) is 0 Å². The van der Waals surface area contributed by atoms with Crippen molar-refractivity contribution >= 4 is 5.91 Å². The van der Waals surface area contributed by atoms with Crippen molar-refractivity contribution in [3.8, 4) is 11.1 Å². The summed E-state index contributed by atoms with van der Waals surface area (Å²) in [5.41, 5.74) is 2.91. The number of amides is 1. The third-order valence-electron chi connectivity index (χ3n) is 5.73. The Morgan fingerprint density at radius 1 is 1.12 bits per heavy atom. The molecule has 0 bridgehead atoms. The third-order valence-corrected chi connectivity index (χ3v) is 5.73. The van der Waals surface area contributed by atoms with Crippen molar-refractivity contribution in [1.29, 1.82) is 0 Å². The fourth-order valence-electron chi connectivity index (χ4n) is 4.37. The molecule has 4 nitrogen and oxygen atoms in total. The minimum Gasteiger partial charge on any atom is -0.338 e. The van der Waals surface area contributed by atoms with Gasteiger partial charge in [0.15, 0.2) is 0 Å². The molecule has 1 saturated carbocycles. The van der Waals surface area contributed by atoms with Gasteiger partial charge in [0.05, 0.1) is 6.20 Å². The monoisotopic (exact) mass is 323 g/mol. The van der Waals surface area contributed by atoms with Crippen LogP contribution in [-0.2, 0) is 7.05 Å². The first-order valence-corrected chi connectivity index (χ1v) is 9.09. The first kappa shape index (κ1) is 15.4. The van der Waals surface area contributed by atoms with Crippen LogP contribution in [0.25, 0.3) is 11.1 Å². The van der Waals surface area contributed by atoms with Crippen molar-refractivity contribution in [2.24, 2.45) is 18.9 Å². The number of carbonyl (C=O) groups excluding carboxylic acids is 1.